The molecule has 1 aromatic rings. The maximum absolute atomic E-state index is 4.84. The van der Waals surface area contributed by atoms with E-state index in [0.717, 1.165) is 19.6 Å². The summed E-state index contributed by atoms with van der Waals surface area (Å²) in [5, 5.41) is 0. The van der Waals surface area contributed by atoms with E-state index in [-0.39, 0.29) is 0 Å². The molecule has 0 atom stereocenters. The van der Waals surface area contributed by atoms with Crippen molar-refractivity contribution >= 4 is 17.3 Å². The van der Waals surface area contributed by atoms with Gasteiger partial charge in [0.1, 0.15) is 0 Å². The number of fused-ring (bicyclic) bond motifs is 3. The molecule has 0 saturated carbocycles. The number of aliphatic imine (C=N–C) groups is 1. The van der Waals surface area contributed by atoms with Crippen molar-refractivity contribution in [2.75, 3.05) is 29.4 Å². The highest BCUT2D eigenvalue weighted by Crippen LogP contribution is 2.38. The Balaban J connectivity index is 1.22. The maximum Gasteiger partial charge on any atom is 0.205 e. The molecule has 0 unspecified atom stereocenters. The lowest BCUT2D eigenvalue weighted by Gasteiger charge is -2.26. The fraction of sp³-hybridized carbons (Fsp3) is 0.731. The third-order valence-electron chi connectivity index (χ3n) is 6.47. The molecule has 0 radical (unpaired) electrons. The van der Waals surface area contributed by atoms with Gasteiger partial charge in [0.2, 0.25) is 5.96 Å². The van der Waals surface area contributed by atoms with Gasteiger partial charge in [-0.3, -0.25) is 4.99 Å². The second-order valence-corrected chi connectivity index (χ2v) is 8.92. The minimum Gasteiger partial charge on any atom is -0.310 e. The van der Waals surface area contributed by atoms with Gasteiger partial charge in [0.05, 0.1) is 11.4 Å². The standard InChI is InChI=1S/C26H43N3/c1-2-3-4-5-6-7-8-9-10-11-12-13-14-17-22-28-24-19-15-16-20-25(24)29-23-18-21-27-26(28)29/h15-16,19-20H,2-14,17-18,21-23H2,1H3. The largest absolute Gasteiger partial charge is 0.310 e. The lowest BCUT2D eigenvalue weighted by atomic mass is 10.0. The first-order valence-electron chi connectivity index (χ1n) is 12.6. The zero-order chi connectivity index (χ0) is 20.2. The fourth-order valence-corrected chi connectivity index (χ4v) is 4.77. The summed E-state index contributed by atoms with van der Waals surface area (Å²) >= 11 is 0. The van der Waals surface area contributed by atoms with Crippen LogP contribution in [0.5, 0.6) is 0 Å². The molecule has 2 aliphatic rings. The van der Waals surface area contributed by atoms with Gasteiger partial charge in [-0.25, -0.2) is 0 Å². The molecule has 0 saturated heterocycles. The number of nitrogens with zero attached hydrogens (tertiary/aromatic N) is 3. The van der Waals surface area contributed by atoms with E-state index < -0.39 is 0 Å². The van der Waals surface area contributed by atoms with Crippen molar-refractivity contribution < 1.29 is 0 Å². The topological polar surface area (TPSA) is 18.8 Å². The normalized spacial score (nSPS) is 15.4. The Bertz CT molecular complexity index is 610. The zero-order valence-electron chi connectivity index (χ0n) is 18.9. The first-order chi connectivity index (χ1) is 14.4. The summed E-state index contributed by atoms with van der Waals surface area (Å²) in [5.74, 6) is 1.20. The molecule has 0 aliphatic carbocycles. The van der Waals surface area contributed by atoms with Crippen LogP contribution in [0.4, 0.5) is 11.4 Å². The maximum atomic E-state index is 4.84. The van der Waals surface area contributed by atoms with Crippen LogP contribution in [-0.4, -0.2) is 25.6 Å². The quantitative estimate of drug-likeness (QED) is 0.284. The van der Waals surface area contributed by atoms with Gasteiger partial charge in [0.15, 0.2) is 0 Å². The summed E-state index contributed by atoms with van der Waals surface area (Å²) in [5.41, 5.74) is 2.72. The minimum atomic E-state index is 0.981. The van der Waals surface area contributed by atoms with Gasteiger partial charge < -0.3 is 9.80 Å². The fourth-order valence-electron chi connectivity index (χ4n) is 4.77. The van der Waals surface area contributed by atoms with Gasteiger partial charge in [-0.05, 0) is 25.0 Å². The number of hydrogen-bond donors (Lipinski definition) is 0. The van der Waals surface area contributed by atoms with Crippen molar-refractivity contribution in [3.8, 4) is 0 Å². The molecule has 2 heterocycles. The van der Waals surface area contributed by atoms with Gasteiger partial charge in [0, 0.05) is 19.6 Å². The summed E-state index contributed by atoms with van der Waals surface area (Å²) in [7, 11) is 0. The Morgan fingerprint density at radius 3 is 1.90 bits per heavy atom. The average Bonchev–Trinajstić information content (AvgIpc) is 3.08. The van der Waals surface area contributed by atoms with E-state index in [2.05, 4.69) is 41.0 Å². The number of rotatable bonds is 15. The highest BCUT2D eigenvalue weighted by Gasteiger charge is 2.33. The molecule has 1 aromatic carbocycles. The summed E-state index contributed by atoms with van der Waals surface area (Å²) in [6, 6.07) is 8.83. The Kier molecular flexibility index (Phi) is 9.89. The van der Waals surface area contributed by atoms with Crippen molar-refractivity contribution in [2.45, 2.75) is 103 Å². The van der Waals surface area contributed by atoms with E-state index >= 15 is 0 Å². The monoisotopic (exact) mass is 397 g/mol. The first-order valence-corrected chi connectivity index (χ1v) is 12.6. The minimum absolute atomic E-state index is 0.981. The molecule has 3 nitrogen and oxygen atoms in total. The second kappa shape index (κ2) is 12.9. The van der Waals surface area contributed by atoms with Gasteiger partial charge in [-0.2, -0.15) is 0 Å². The van der Waals surface area contributed by atoms with E-state index in [4.69, 9.17) is 4.99 Å². The number of para-hydroxylation sites is 2. The van der Waals surface area contributed by atoms with Gasteiger partial charge >= 0.3 is 0 Å². The summed E-state index contributed by atoms with van der Waals surface area (Å²) in [4.78, 5) is 9.73. The molecule has 3 heteroatoms. The van der Waals surface area contributed by atoms with Crippen molar-refractivity contribution in [3.05, 3.63) is 24.3 Å². The summed E-state index contributed by atoms with van der Waals surface area (Å²) in [6.07, 6.45) is 21.0. The van der Waals surface area contributed by atoms with Crippen LogP contribution in [0.2, 0.25) is 0 Å². The van der Waals surface area contributed by atoms with E-state index in [0.29, 0.717) is 0 Å². The molecular weight excluding hydrogens is 354 g/mol. The number of hydrogen-bond acceptors (Lipinski definition) is 3. The SMILES string of the molecule is CCCCCCCCCCCCCCCCN1C2=NCCCN2c2ccccc21. The van der Waals surface area contributed by atoms with Crippen LogP contribution in [0.25, 0.3) is 0 Å². The van der Waals surface area contributed by atoms with Crippen LogP contribution in [0.15, 0.2) is 29.3 Å². The van der Waals surface area contributed by atoms with Crippen molar-refractivity contribution in [1.29, 1.82) is 0 Å². The summed E-state index contributed by atoms with van der Waals surface area (Å²) in [6.45, 7) is 5.51. The third-order valence-corrected chi connectivity index (χ3v) is 6.47. The van der Waals surface area contributed by atoms with Crippen LogP contribution in [0.1, 0.15) is 103 Å². The predicted octanol–water partition coefficient (Wildman–Crippen LogP) is 7.55. The van der Waals surface area contributed by atoms with Gasteiger partial charge in [-0.1, -0.05) is 103 Å². The Morgan fingerprint density at radius 2 is 1.28 bits per heavy atom. The number of guanidine groups is 1. The Morgan fingerprint density at radius 1 is 0.724 bits per heavy atom. The molecule has 0 bridgehead atoms. The number of benzene rings is 1. The first kappa shape index (κ1) is 22.2. The van der Waals surface area contributed by atoms with Gasteiger partial charge in [0.25, 0.3) is 0 Å². The van der Waals surface area contributed by atoms with Gasteiger partial charge in [-0.15, -0.1) is 0 Å². The predicted molar refractivity (Wildman–Crippen MR) is 128 cm³/mol. The third kappa shape index (κ3) is 6.76. The molecule has 0 fully saturated rings. The molecule has 2 aliphatic heterocycles. The average molecular weight is 398 g/mol. The van der Waals surface area contributed by atoms with E-state index in [1.807, 2.05) is 0 Å². The summed E-state index contributed by atoms with van der Waals surface area (Å²) < 4.78 is 0. The second-order valence-electron chi connectivity index (χ2n) is 8.92. The highest BCUT2D eigenvalue weighted by atomic mass is 15.4. The lowest BCUT2D eigenvalue weighted by Crippen LogP contribution is -2.42. The van der Waals surface area contributed by atoms with E-state index in [9.17, 15) is 0 Å². The van der Waals surface area contributed by atoms with Crippen molar-refractivity contribution in [2.24, 2.45) is 4.99 Å². The molecule has 0 amide bonds. The lowest BCUT2D eigenvalue weighted by molar-refractivity contribution is 0.536. The molecule has 0 aromatic heterocycles. The molecule has 0 spiro atoms. The molecule has 0 N–H and O–H groups in total. The Hall–Kier alpha value is -1.51. The molecule has 162 valence electrons. The van der Waals surface area contributed by atoms with E-state index in [1.165, 1.54) is 114 Å². The zero-order valence-corrected chi connectivity index (χ0v) is 18.9. The van der Waals surface area contributed by atoms with Crippen LogP contribution in [0.3, 0.4) is 0 Å². The smallest absolute Gasteiger partial charge is 0.205 e. The number of unbranched alkanes of at least 4 members (excludes halogenated alkanes) is 13. The molecule has 29 heavy (non-hydrogen) atoms. The van der Waals surface area contributed by atoms with E-state index in [1.54, 1.807) is 0 Å². The highest BCUT2D eigenvalue weighted by molar-refractivity contribution is 6.16. The molecule has 3 rings (SSSR count). The van der Waals surface area contributed by atoms with Crippen molar-refractivity contribution in [3.63, 3.8) is 0 Å². The van der Waals surface area contributed by atoms with Crippen LogP contribution < -0.4 is 9.80 Å². The van der Waals surface area contributed by atoms with Crippen LogP contribution in [0, 0.1) is 0 Å². The Labute approximate surface area is 179 Å². The number of anilines is 2. The van der Waals surface area contributed by atoms with Crippen molar-refractivity contribution in [1.82, 2.24) is 0 Å². The van der Waals surface area contributed by atoms with Crippen LogP contribution >= 0.6 is 0 Å². The van der Waals surface area contributed by atoms with Crippen LogP contribution in [-0.2, 0) is 0 Å². The molecular formula is C26H43N3.